The van der Waals surface area contributed by atoms with Gasteiger partial charge in [-0.1, -0.05) is 50.2 Å². The maximum Gasteiger partial charge on any atom is 0.410 e. The predicted molar refractivity (Wildman–Crippen MR) is 166 cm³/mol. The molecule has 0 bridgehead atoms. The van der Waals surface area contributed by atoms with Crippen LogP contribution in [-0.4, -0.2) is 69.3 Å². The number of rotatable bonds is 14. The zero-order valence-electron chi connectivity index (χ0n) is 26.9. The molecule has 238 valence electrons. The highest BCUT2D eigenvalue weighted by Gasteiger charge is 2.39. The van der Waals surface area contributed by atoms with Gasteiger partial charge in [-0.05, 0) is 74.6 Å². The summed E-state index contributed by atoms with van der Waals surface area (Å²) in [5, 5.41) is 3.06. The van der Waals surface area contributed by atoms with Crippen molar-refractivity contribution in [1.82, 2.24) is 10.2 Å². The number of carbonyl (C=O) groups excluding carboxylic acids is 2. The van der Waals surface area contributed by atoms with Crippen molar-refractivity contribution in [3.8, 4) is 11.5 Å². The lowest BCUT2D eigenvalue weighted by Gasteiger charge is -2.27. The number of nitrogens with one attached hydrogen (secondary N) is 1. The molecular weight excluding hydrogens is 548 g/mol. The highest BCUT2D eigenvalue weighted by atomic mass is 16.6. The second-order valence-corrected chi connectivity index (χ2v) is 12.6. The number of amides is 2. The molecule has 0 spiro atoms. The first-order valence-corrected chi connectivity index (χ1v) is 15.2. The molecule has 2 amide bonds. The van der Waals surface area contributed by atoms with E-state index in [1.165, 1.54) is 0 Å². The van der Waals surface area contributed by atoms with Gasteiger partial charge in [0.05, 0.1) is 19.8 Å². The molecule has 2 aromatic carbocycles. The number of hydrogen-bond acceptors (Lipinski definition) is 7. The quantitative estimate of drug-likeness (QED) is 0.249. The second kappa shape index (κ2) is 16.4. The van der Waals surface area contributed by atoms with Crippen LogP contribution in [-0.2, 0) is 27.2 Å². The molecular formula is C34H50N2O7. The zero-order chi connectivity index (χ0) is 31.4. The van der Waals surface area contributed by atoms with Crippen molar-refractivity contribution in [2.75, 3.05) is 40.5 Å². The summed E-state index contributed by atoms with van der Waals surface area (Å²) in [6.45, 7) is 12.2. The maximum atomic E-state index is 13.0. The van der Waals surface area contributed by atoms with Crippen molar-refractivity contribution in [3.63, 3.8) is 0 Å². The Balaban J connectivity index is 1.72. The number of carbonyl (C=O) groups is 2. The fourth-order valence-electron chi connectivity index (χ4n) is 5.29. The van der Waals surface area contributed by atoms with Gasteiger partial charge in [-0.15, -0.1) is 0 Å². The molecule has 1 aliphatic heterocycles. The summed E-state index contributed by atoms with van der Waals surface area (Å²) in [6.07, 6.45) is 1.57. The molecule has 0 radical (unpaired) electrons. The molecule has 9 nitrogen and oxygen atoms in total. The Morgan fingerprint density at radius 1 is 0.977 bits per heavy atom. The summed E-state index contributed by atoms with van der Waals surface area (Å²) in [4.78, 5) is 27.6. The van der Waals surface area contributed by atoms with E-state index < -0.39 is 11.7 Å². The van der Waals surface area contributed by atoms with Gasteiger partial charge in [0.2, 0.25) is 0 Å². The molecule has 0 saturated carbocycles. The van der Waals surface area contributed by atoms with E-state index in [0.29, 0.717) is 43.9 Å². The standard InChI is InChI=1S/C34H50N2O7/c1-24(2)27(18-26-14-15-30(40-7)31(19-26)41-17-11-16-39-6)20-28-21-36(33(38)43-34(3,4)5)22-29(28)35-32(37)42-23-25-12-9-8-10-13-25/h8-10,12-15,19,24,27-29H,11,16-18,20-23H2,1-7H3,(H,35,37)/t27-,28?,29?/m0/s1. The molecule has 1 heterocycles. The topological polar surface area (TPSA) is 95.6 Å². The van der Waals surface area contributed by atoms with Crippen LogP contribution in [0.2, 0.25) is 0 Å². The van der Waals surface area contributed by atoms with Crippen molar-refractivity contribution in [2.45, 2.75) is 72.1 Å². The van der Waals surface area contributed by atoms with Gasteiger partial charge in [0.25, 0.3) is 0 Å². The summed E-state index contributed by atoms with van der Waals surface area (Å²) in [7, 11) is 3.32. The molecule has 2 aromatic rings. The Bertz CT molecular complexity index is 1150. The van der Waals surface area contributed by atoms with E-state index >= 15 is 0 Å². The highest BCUT2D eigenvalue weighted by Crippen LogP contribution is 2.34. The fourth-order valence-corrected chi connectivity index (χ4v) is 5.29. The van der Waals surface area contributed by atoms with E-state index in [1.54, 1.807) is 19.1 Å². The van der Waals surface area contributed by atoms with Gasteiger partial charge in [-0.3, -0.25) is 0 Å². The summed E-state index contributed by atoms with van der Waals surface area (Å²) in [6, 6.07) is 15.4. The summed E-state index contributed by atoms with van der Waals surface area (Å²) >= 11 is 0. The van der Waals surface area contributed by atoms with E-state index in [-0.39, 0.29) is 24.7 Å². The first-order chi connectivity index (χ1) is 20.5. The Kier molecular flexibility index (Phi) is 13.0. The van der Waals surface area contributed by atoms with Crippen LogP contribution in [0.3, 0.4) is 0 Å². The molecule has 1 fully saturated rings. The number of likely N-dealkylation sites (tertiary alicyclic amines) is 1. The molecule has 2 unspecified atom stereocenters. The Morgan fingerprint density at radius 3 is 2.37 bits per heavy atom. The minimum absolute atomic E-state index is 0.0345. The molecule has 1 N–H and O–H groups in total. The third-order valence-electron chi connectivity index (χ3n) is 7.63. The van der Waals surface area contributed by atoms with Gasteiger partial charge in [0, 0.05) is 33.2 Å². The minimum Gasteiger partial charge on any atom is -0.493 e. The molecule has 0 aromatic heterocycles. The number of nitrogens with zero attached hydrogens (tertiary/aromatic N) is 1. The molecule has 43 heavy (non-hydrogen) atoms. The number of benzene rings is 2. The number of hydrogen-bond donors (Lipinski definition) is 1. The molecule has 3 atom stereocenters. The molecule has 1 saturated heterocycles. The first-order valence-electron chi connectivity index (χ1n) is 15.2. The van der Waals surface area contributed by atoms with E-state index in [1.807, 2.05) is 57.2 Å². The third-order valence-corrected chi connectivity index (χ3v) is 7.63. The van der Waals surface area contributed by atoms with Crippen LogP contribution >= 0.6 is 0 Å². The molecule has 3 rings (SSSR count). The third kappa shape index (κ3) is 11.3. The van der Waals surface area contributed by atoms with Crippen molar-refractivity contribution in [3.05, 3.63) is 59.7 Å². The first kappa shape index (κ1) is 34.0. The average molecular weight is 599 g/mol. The lowest BCUT2D eigenvalue weighted by atomic mass is 9.80. The van der Waals surface area contributed by atoms with Gasteiger partial charge in [-0.25, -0.2) is 9.59 Å². The van der Waals surface area contributed by atoms with Crippen molar-refractivity contribution in [2.24, 2.45) is 17.8 Å². The van der Waals surface area contributed by atoms with Crippen molar-refractivity contribution in [1.29, 1.82) is 0 Å². The van der Waals surface area contributed by atoms with Crippen molar-refractivity contribution >= 4 is 12.2 Å². The lowest BCUT2D eigenvalue weighted by molar-refractivity contribution is 0.0283. The summed E-state index contributed by atoms with van der Waals surface area (Å²) in [5.74, 6) is 2.12. The van der Waals surface area contributed by atoms with Crippen LogP contribution in [0.4, 0.5) is 9.59 Å². The average Bonchev–Trinajstić information content (AvgIpc) is 3.35. The van der Waals surface area contributed by atoms with Gasteiger partial charge >= 0.3 is 12.2 Å². The Hall–Kier alpha value is -3.46. The summed E-state index contributed by atoms with van der Waals surface area (Å²) < 4.78 is 27.9. The monoisotopic (exact) mass is 598 g/mol. The zero-order valence-corrected chi connectivity index (χ0v) is 26.9. The predicted octanol–water partition coefficient (Wildman–Crippen LogP) is 6.48. The van der Waals surface area contributed by atoms with Crippen LogP contribution in [0.1, 0.15) is 58.6 Å². The lowest BCUT2D eigenvalue weighted by Crippen LogP contribution is -2.42. The smallest absolute Gasteiger partial charge is 0.410 e. The van der Waals surface area contributed by atoms with Crippen LogP contribution in [0, 0.1) is 17.8 Å². The van der Waals surface area contributed by atoms with Gasteiger partial charge in [0.1, 0.15) is 12.2 Å². The highest BCUT2D eigenvalue weighted by molar-refractivity contribution is 5.70. The maximum absolute atomic E-state index is 13.0. The van der Waals surface area contributed by atoms with E-state index in [2.05, 4.69) is 31.3 Å². The largest absolute Gasteiger partial charge is 0.493 e. The number of methoxy groups -OCH3 is 2. The molecule has 0 aliphatic carbocycles. The van der Waals surface area contributed by atoms with Gasteiger partial charge < -0.3 is 33.9 Å². The minimum atomic E-state index is -0.606. The summed E-state index contributed by atoms with van der Waals surface area (Å²) in [5.41, 5.74) is 1.46. The van der Waals surface area contributed by atoms with Gasteiger partial charge in [-0.2, -0.15) is 0 Å². The Morgan fingerprint density at radius 2 is 1.72 bits per heavy atom. The number of ether oxygens (including phenoxy) is 5. The van der Waals surface area contributed by atoms with Crippen molar-refractivity contribution < 1.29 is 33.3 Å². The SMILES string of the molecule is COCCCOc1cc(C[C@@H](CC2CN(C(=O)OC(C)(C)C)CC2NC(=O)OCc2ccccc2)C(C)C)ccc1OC. The Labute approximate surface area is 257 Å². The normalized spacial score (nSPS) is 17.4. The van der Waals surface area contributed by atoms with E-state index in [0.717, 1.165) is 36.1 Å². The van der Waals surface area contributed by atoms with Crippen LogP contribution in [0.25, 0.3) is 0 Å². The van der Waals surface area contributed by atoms with Gasteiger partial charge in [0.15, 0.2) is 11.5 Å². The molecule has 9 heteroatoms. The fraction of sp³-hybridized carbons (Fsp3) is 0.588. The van der Waals surface area contributed by atoms with E-state index in [9.17, 15) is 9.59 Å². The van der Waals surface area contributed by atoms with Crippen LogP contribution in [0.15, 0.2) is 48.5 Å². The van der Waals surface area contributed by atoms with Crippen LogP contribution < -0.4 is 14.8 Å². The number of alkyl carbamates (subject to hydrolysis) is 1. The second-order valence-electron chi connectivity index (χ2n) is 12.6. The van der Waals surface area contributed by atoms with E-state index in [4.69, 9.17) is 23.7 Å². The van der Waals surface area contributed by atoms with Crippen LogP contribution in [0.5, 0.6) is 11.5 Å². The molecule has 1 aliphatic rings.